The lowest BCUT2D eigenvalue weighted by molar-refractivity contribution is 0.468. The Morgan fingerprint density at radius 1 is 1.06 bits per heavy atom. The van der Waals surface area contributed by atoms with Crippen molar-refractivity contribution in [2.24, 2.45) is 0 Å². The topological polar surface area (TPSA) is 33.1 Å². The monoisotopic (exact) mass is 253 g/mol. The van der Waals surface area contributed by atoms with E-state index < -0.39 is 0 Å². The molecule has 1 N–H and O–H groups in total. The number of rotatable bonds is 1. The number of nitrogens with zero attached hydrogens (tertiary/aromatic N) is 1. The summed E-state index contributed by atoms with van der Waals surface area (Å²) in [6.07, 6.45) is 0. The predicted molar refractivity (Wildman–Crippen MR) is 66.1 cm³/mol. The fraction of sp³-hybridized carbons (Fsp3) is 0.0833. The Morgan fingerprint density at radius 2 is 1.81 bits per heavy atom. The molecule has 0 spiro atoms. The molecular weight excluding hydrogens is 245 g/mol. The van der Waals surface area contributed by atoms with E-state index in [1.807, 2.05) is 6.07 Å². The Morgan fingerprint density at radius 3 is 2.44 bits per heavy atom. The molecule has 0 aliphatic carbocycles. The van der Waals surface area contributed by atoms with Gasteiger partial charge in [-0.15, -0.1) is 0 Å². The van der Waals surface area contributed by atoms with Crippen molar-refractivity contribution in [3.63, 3.8) is 0 Å². The molecule has 0 unspecified atom stereocenters. The van der Waals surface area contributed by atoms with Gasteiger partial charge in [0, 0.05) is 5.56 Å². The maximum Gasteiger partial charge on any atom is 0.136 e. The van der Waals surface area contributed by atoms with E-state index in [9.17, 15) is 5.11 Å². The van der Waals surface area contributed by atoms with Crippen molar-refractivity contribution in [2.75, 3.05) is 0 Å². The highest BCUT2D eigenvalue weighted by Crippen LogP contribution is 2.28. The van der Waals surface area contributed by atoms with Gasteiger partial charge in [0.25, 0.3) is 0 Å². The van der Waals surface area contributed by atoms with Crippen LogP contribution < -0.4 is 0 Å². The number of aromatic nitrogens is 1. The number of pyridine rings is 1. The Balaban J connectivity index is 2.50. The van der Waals surface area contributed by atoms with Crippen LogP contribution in [0.2, 0.25) is 10.0 Å². The second-order valence-corrected chi connectivity index (χ2v) is 4.24. The lowest BCUT2D eigenvalue weighted by atomic mass is 10.1. The smallest absolute Gasteiger partial charge is 0.136 e. The van der Waals surface area contributed by atoms with Gasteiger partial charge in [0.1, 0.15) is 5.75 Å². The van der Waals surface area contributed by atoms with E-state index in [2.05, 4.69) is 4.98 Å². The van der Waals surface area contributed by atoms with Crippen molar-refractivity contribution < 1.29 is 5.11 Å². The summed E-state index contributed by atoms with van der Waals surface area (Å²) in [4.78, 5) is 4.26. The third-order valence-electron chi connectivity index (χ3n) is 2.27. The molecule has 0 atom stereocenters. The van der Waals surface area contributed by atoms with Crippen LogP contribution in [0.25, 0.3) is 11.3 Å². The summed E-state index contributed by atoms with van der Waals surface area (Å²) >= 11 is 11.8. The maximum absolute atomic E-state index is 9.38. The molecule has 1 aromatic carbocycles. The summed E-state index contributed by atoms with van der Waals surface area (Å²) in [6, 6.07) is 8.67. The van der Waals surface area contributed by atoms with E-state index in [1.54, 1.807) is 31.2 Å². The van der Waals surface area contributed by atoms with Crippen molar-refractivity contribution >= 4 is 23.2 Å². The number of halogens is 2. The third kappa shape index (κ3) is 2.13. The number of aromatic hydroxyl groups is 1. The van der Waals surface area contributed by atoms with Crippen molar-refractivity contribution in [1.82, 2.24) is 4.98 Å². The molecule has 1 aromatic heterocycles. The molecule has 16 heavy (non-hydrogen) atoms. The third-order valence-corrected chi connectivity index (χ3v) is 3.01. The SMILES string of the molecule is Cc1nc(-c2ccc(Cl)c(Cl)c2)ccc1O. The average Bonchev–Trinajstić information content (AvgIpc) is 2.26. The van der Waals surface area contributed by atoms with E-state index in [0.717, 1.165) is 11.3 Å². The molecule has 2 aromatic rings. The molecular formula is C12H9Cl2NO. The van der Waals surface area contributed by atoms with Gasteiger partial charge < -0.3 is 5.11 Å². The van der Waals surface area contributed by atoms with E-state index in [0.29, 0.717) is 15.7 Å². The Bertz CT molecular complexity index is 491. The molecule has 4 heteroatoms. The summed E-state index contributed by atoms with van der Waals surface area (Å²) in [5.74, 6) is 0.184. The normalized spacial score (nSPS) is 10.4. The first kappa shape index (κ1) is 11.2. The number of hydrogen-bond donors (Lipinski definition) is 1. The van der Waals surface area contributed by atoms with Crippen molar-refractivity contribution in [2.45, 2.75) is 6.92 Å². The molecule has 2 rings (SSSR count). The van der Waals surface area contributed by atoms with E-state index >= 15 is 0 Å². The van der Waals surface area contributed by atoms with Gasteiger partial charge in [-0.3, -0.25) is 0 Å². The minimum absolute atomic E-state index is 0.184. The summed E-state index contributed by atoms with van der Waals surface area (Å²) < 4.78 is 0. The van der Waals surface area contributed by atoms with Crippen LogP contribution in [0.15, 0.2) is 30.3 Å². The first-order valence-corrected chi connectivity index (χ1v) is 5.45. The number of hydrogen-bond acceptors (Lipinski definition) is 2. The highest BCUT2D eigenvalue weighted by Gasteiger charge is 2.05. The largest absolute Gasteiger partial charge is 0.506 e. The number of aryl methyl sites for hydroxylation is 1. The molecule has 0 saturated heterocycles. The highest BCUT2D eigenvalue weighted by atomic mass is 35.5. The molecule has 82 valence electrons. The van der Waals surface area contributed by atoms with E-state index in [-0.39, 0.29) is 5.75 Å². The zero-order valence-corrected chi connectivity index (χ0v) is 10.0. The average molecular weight is 254 g/mol. The number of benzene rings is 1. The molecule has 0 aliphatic rings. The van der Waals surface area contributed by atoms with Crippen LogP contribution in [0, 0.1) is 6.92 Å². The van der Waals surface area contributed by atoms with Crippen LogP contribution in [-0.2, 0) is 0 Å². The molecule has 0 fully saturated rings. The van der Waals surface area contributed by atoms with Gasteiger partial charge in [0.15, 0.2) is 0 Å². The van der Waals surface area contributed by atoms with Gasteiger partial charge >= 0.3 is 0 Å². The molecule has 1 heterocycles. The highest BCUT2D eigenvalue weighted by molar-refractivity contribution is 6.42. The van der Waals surface area contributed by atoms with Crippen molar-refractivity contribution in [1.29, 1.82) is 0 Å². The molecule has 0 saturated carbocycles. The lowest BCUT2D eigenvalue weighted by Crippen LogP contribution is -1.87. The van der Waals surface area contributed by atoms with Gasteiger partial charge in [-0.2, -0.15) is 0 Å². The standard InChI is InChI=1S/C12H9Cl2NO/c1-7-12(16)5-4-11(15-7)8-2-3-9(13)10(14)6-8/h2-6,16H,1H3. The zero-order valence-electron chi connectivity index (χ0n) is 8.54. The molecule has 0 radical (unpaired) electrons. The molecule has 0 bridgehead atoms. The van der Waals surface area contributed by atoms with Crippen LogP contribution in [0.4, 0.5) is 0 Å². The Kier molecular flexibility index (Phi) is 3.03. The maximum atomic E-state index is 9.38. The van der Waals surface area contributed by atoms with E-state index in [4.69, 9.17) is 23.2 Å². The predicted octanol–water partition coefficient (Wildman–Crippen LogP) is 4.07. The van der Waals surface area contributed by atoms with Crippen LogP contribution in [0.1, 0.15) is 5.69 Å². The van der Waals surface area contributed by atoms with Crippen molar-refractivity contribution in [3.05, 3.63) is 46.1 Å². The fourth-order valence-corrected chi connectivity index (χ4v) is 1.67. The van der Waals surface area contributed by atoms with Gasteiger partial charge in [0.2, 0.25) is 0 Å². The first-order chi connectivity index (χ1) is 7.58. The Hall–Kier alpha value is -1.25. The van der Waals surface area contributed by atoms with Gasteiger partial charge in [-0.25, -0.2) is 4.98 Å². The second-order valence-electron chi connectivity index (χ2n) is 3.43. The lowest BCUT2D eigenvalue weighted by Gasteiger charge is -2.05. The van der Waals surface area contributed by atoms with Crippen LogP contribution in [0.3, 0.4) is 0 Å². The van der Waals surface area contributed by atoms with Crippen molar-refractivity contribution in [3.8, 4) is 17.0 Å². The van der Waals surface area contributed by atoms with Gasteiger partial charge in [0.05, 0.1) is 21.4 Å². The van der Waals surface area contributed by atoms with Crippen LogP contribution in [0.5, 0.6) is 5.75 Å². The van der Waals surface area contributed by atoms with Gasteiger partial charge in [-0.05, 0) is 31.2 Å². The van der Waals surface area contributed by atoms with Crippen LogP contribution in [-0.4, -0.2) is 10.1 Å². The Labute approximate surface area is 103 Å². The fourth-order valence-electron chi connectivity index (χ4n) is 1.37. The second kappa shape index (κ2) is 4.32. The summed E-state index contributed by atoms with van der Waals surface area (Å²) in [7, 11) is 0. The molecule has 0 amide bonds. The van der Waals surface area contributed by atoms with E-state index in [1.165, 1.54) is 0 Å². The minimum Gasteiger partial charge on any atom is -0.506 e. The summed E-state index contributed by atoms with van der Waals surface area (Å²) in [5, 5.41) is 10.4. The molecule has 0 aliphatic heterocycles. The zero-order chi connectivity index (χ0) is 11.7. The van der Waals surface area contributed by atoms with Gasteiger partial charge in [-0.1, -0.05) is 29.3 Å². The quantitative estimate of drug-likeness (QED) is 0.832. The minimum atomic E-state index is 0.184. The van der Waals surface area contributed by atoms with Crippen LogP contribution >= 0.6 is 23.2 Å². The first-order valence-electron chi connectivity index (χ1n) is 4.70. The molecule has 2 nitrogen and oxygen atoms in total. The summed E-state index contributed by atoms with van der Waals surface area (Å²) in [5.41, 5.74) is 2.22. The summed E-state index contributed by atoms with van der Waals surface area (Å²) in [6.45, 7) is 1.75.